The molecule has 116 valence electrons. The molecule has 0 atom stereocenters. The lowest BCUT2D eigenvalue weighted by molar-refractivity contribution is -0.118. The number of benzene rings is 1. The summed E-state index contributed by atoms with van der Waals surface area (Å²) < 4.78 is 0. The molecular formula is C16H21N5O. The third kappa shape index (κ3) is 4.44. The molecule has 0 unspecified atom stereocenters. The summed E-state index contributed by atoms with van der Waals surface area (Å²) >= 11 is 0. The van der Waals surface area contributed by atoms with Crippen LogP contribution in [-0.4, -0.2) is 43.1 Å². The normalized spacial score (nSPS) is 10.1. The van der Waals surface area contributed by atoms with Gasteiger partial charge >= 0.3 is 0 Å². The van der Waals surface area contributed by atoms with Crippen molar-refractivity contribution in [3.63, 3.8) is 0 Å². The summed E-state index contributed by atoms with van der Waals surface area (Å²) in [5, 5.41) is 5.81. The Labute approximate surface area is 130 Å². The Bertz CT molecular complexity index is 625. The Morgan fingerprint density at radius 2 is 1.86 bits per heavy atom. The molecule has 1 aromatic heterocycles. The monoisotopic (exact) mass is 299 g/mol. The van der Waals surface area contributed by atoms with Crippen LogP contribution < -0.4 is 15.5 Å². The molecule has 1 heterocycles. The number of carbonyl (C=O) groups is 1. The third-order valence-electron chi connectivity index (χ3n) is 3.12. The number of carbonyl (C=O) groups excluding carboxylic acids is 1. The Kier molecular flexibility index (Phi) is 5.30. The maximum Gasteiger partial charge on any atom is 0.223 e. The maximum atomic E-state index is 10.8. The number of nitrogens with zero attached hydrogens (tertiary/aromatic N) is 3. The molecular weight excluding hydrogens is 278 g/mol. The van der Waals surface area contributed by atoms with E-state index >= 15 is 0 Å². The molecule has 0 spiro atoms. The van der Waals surface area contributed by atoms with Gasteiger partial charge in [0.2, 0.25) is 11.9 Å². The SMILES string of the molecule is CC(=O)NCCNc1nccc(-c2ccc(N(C)C)cc2)n1. The van der Waals surface area contributed by atoms with Gasteiger partial charge in [-0.1, -0.05) is 12.1 Å². The second-order valence-corrected chi connectivity index (χ2v) is 5.12. The molecule has 0 saturated carbocycles. The quantitative estimate of drug-likeness (QED) is 0.795. The van der Waals surface area contributed by atoms with Crippen molar-refractivity contribution in [1.29, 1.82) is 0 Å². The van der Waals surface area contributed by atoms with Crippen molar-refractivity contribution in [2.45, 2.75) is 6.92 Å². The van der Waals surface area contributed by atoms with Gasteiger partial charge < -0.3 is 15.5 Å². The minimum atomic E-state index is -0.0440. The van der Waals surface area contributed by atoms with E-state index in [-0.39, 0.29) is 5.91 Å². The summed E-state index contributed by atoms with van der Waals surface area (Å²) in [5.41, 5.74) is 3.05. The summed E-state index contributed by atoms with van der Waals surface area (Å²) in [4.78, 5) is 21.5. The Hall–Kier alpha value is -2.63. The largest absolute Gasteiger partial charge is 0.378 e. The van der Waals surface area contributed by atoms with Crippen LogP contribution in [0.3, 0.4) is 0 Å². The Morgan fingerprint density at radius 1 is 1.14 bits per heavy atom. The first-order valence-electron chi connectivity index (χ1n) is 7.15. The van der Waals surface area contributed by atoms with Crippen LogP contribution in [-0.2, 0) is 4.79 Å². The van der Waals surface area contributed by atoms with Crippen LogP contribution in [0.15, 0.2) is 36.5 Å². The lowest BCUT2D eigenvalue weighted by Gasteiger charge is -2.12. The summed E-state index contributed by atoms with van der Waals surface area (Å²) in [6, 6.07) is 10.1. The maximum absolute atomic E-state index is 10.8. The zero-order valence-electron chi connectivity index (χ0n) is 13.1. The number of aromatic nitrogens is 2. The summed E-state index contributed by atoms with van der Waals surface area (Å²) in [5.74, 6) is 0.511. The zero-order valence-corrected chi connectivity index (χ0v) is 13.1. The van der Waals surface area contributed by atoms with Gasteiger partial charge in [0.25, 0.3) is 0 Å². The van der Waals surface area contributed by atoms with Gasteiger partial charge in [0.05, 0.1) is 5.69 Å². The second-order valence-electron chi connectivity index (χ2n) is 5.12. The highest BCUT2D eigenvalue weighted by Gasteiger charge is 2.03. The molecule has 0 saturated heterocycles. The molecule has 0 radical (unpaired) electrons. The van der Waals surface area contributed by atoms with Crippen LogP contribution in [0.4, 0.5) is 11.6 Å². The van der Waals surface area contributed by atoms with Gasteiger partial charge in [-0.3, -0.25) is 4.79 Å². The molecule has 1 aromatic carbocycles. The summed E-state index contributed by atoms with van der Waals surface area (Å²) in [6.07, 6.45) is 1.73. The summed E-state index contributed by atoms with van der Waals surface area (Å²) in [6.45, 7) is 2.62. The second kappa shape index (κ2) is 7.40. The number of anilines is 2. The third-order valence-corrected chi connectivity index (χ3v) is 3.12. The van der Waals surface area contributed by atoms with E-state index in [9.17, 15) is 4.79 Å². The van der Waals surface area contributed by atoms with Crippen molar-refractivity contribution < 1.29 is 4.79 Å². The topological polar surface area (TPSA) is 70.2 Å². The van der Waals surface area contributed by atoms with Crippen LogP contribution in [0.5, 0.6) is 0 Å². The molecule has 2 aromatic rings. The van der Waals surface area contributed by atoms with E-state index in [4.69, 9.17) is 0 Å². The van der Waals surface area contributed by atoms with Gasteiger partial charge in [-0.15, -0.1) is 0 Å². The molecule has 22 heavy (non-hydrogen) atoms. The molecule has 0 aliphatic heterocycles. The highest BCUT2D eigenvalue weighted by atomic mass is 16.1. The number of amides is 1. The van der Waals surface area contributed by atoms with Gasteiger partial charge in [-0.25, -0.2) is 9.97 Å². The molecule has 6 nitrogen and oxygen atoms in total. The van der Waals surface area contributed by atoms with Crippen molar-refractivity contribution in [3.05, 3.63) is 36.5 Å². The fourth-order valence-corrected chi connectivity index (χ4v) is 1.95. The van der Waals surface area contributed by atoms with E-state index in [2.05, 4.69) is 37.6 Å². The minimum absolute atomic E-state index is 0.0440. The van der Waals surface area contributed by atoms with Gasteiger partial charge in [0, 0.05) is 51.6 Å². The fraction of sp³-hybridized carbons (Fsp3) is 0.312. The number of hydrogen-bond acceptors (Lipinski definition) is 5. The molecule has 0 aliphatic carbocycles. The average molecular weight is 299 g/mol. The first kappa shape index (κ1) is 15.8. The van der Waals surface area contributed by atoms with E-state index in [0.717, 1.165) is 16.9 Å². The summed E-state index contributed by atoms with van der Waals surface area (Å²) in [7, 11) is 4.02. The van der Waals surface area contributed by atoms with E-state index in [1.165, 1.54) is 6.92 Å². The highest BCUT2D eigenvalue weighted by Crippen LogP contribution is 2.21. The number of nitrogens with one attached hydrogen (secondary N) is 2. The Balaban J connectivity index is 2.02. The lowest BCUT2D eigenvalue weighted by Crippen LogP contribution is -2.26. The first-order valence-corrected chi connectivity index (χ1v) is 7.15. The van der Waals surface area contributed by atoms with Crippen LogP contribution in [0.1, 0.15) is 6.92 Å². The van der Waals surface area contributed by atoms with E-state index < -0.39 is 0 Å². The van der Waals surface area contributed by atoms with Crippen molar-refractivity contribution in [2.75, 3.05) is 37.4 Å². The minimum Gasteiger partial charge on any atom is -0.378 e. The van der Waals surface area contributed by atoms with Crippen LogP contribution >= 0.6 is 0 Å². The lowest BCUT2D eigenvalue weighted by atomic mass is 10.1. The highest BCUT2D eigenvalue weighted by molar-refractivity contribution is 5.72. The van der Waals surface area contributed by atoms with E-state index in [1.54, 1.807) is 6.20 Å². The van der Waals surface area contributed by atoms with E-state index in [1.807, 2.05) is 32.3 Å². The molecule has 0 aliphatic rings. The van der Waals surface area contributed by atoms with Crippen molar-refractivity contribution in [1.82, 2.24) is 15.3 Å². The van der Waals surface area contributed by atoms with Crippen molar-refractivity contribution in [3.8, 4) is 11.3 Å². The van der Waals surface area contributed by atoms with E-state index in [0.29, 0.717) is 19.0 Å². The molecule has 2 rings (SSSR count). The smallest absolute Gasteiger partial charge is 0.223 e. The molecule has 2 N–H and O–H groups in total. The Morgan fingerprint density at radius 3 is 2.50 bits per heavy atom. The fourth-order valence-electron chi connectivity index (χ4n) is 1.95. The van der Waals surface area contributed by atoms with Crippen molar-refractivity contribution >= 4 is 17.5 Å². The van der Waals surface area contributed by atoms with Gasteiger partial charge in [0.1, 0.15) is 0 Å². The average Bonchev–Trinajstić information content (AvgIpc) is 2.52. The van der Waals surface area contributed by atoms with Gasteiger partial charge in [0.15, 0.2) is 0 Å². The standard InChI is InChI=1S/C16H21N5O/c1-12(22)17-10-11-19-16-18-9-8-15(20-16)13-4-6-14(7-5-13)21(2)3/h4-9H,10-11H2,1-3H3,(H,17,22)(H,18,19,20). The van der Waals surface area contributed by atoms with Crippen LogP contribution in [0.25, 0.3) is 11.3 Å². The molecule has 0 bridgehead atoms. The van der Waals surface area contributed by atoms with Gasteiger partial charge in [-0.2, -0.15) is 0 Å². The molecule has 0 fully saturated rings. The molecule has 1 amide bonds. The van der Waals surface area contributed by atoms with Crippen molar-refractivity contribution in [2.24, 2.45) is 0 Å². The number of hydrogen-bond donors (Lipinski definition) is 2. The van der Waals surface area contributed by atoms with Crippen LogP contribution in [0.2, 0.25) is 0 Å². The molecule has 6 heteroatoms. The van der Waals surface area contributed by atoms with Crippen LogP contribution in [0, 0.1) is 0 Å². The zero-order chi connectivity index (χ0) is 15.9. The first-order chi connectivity index (χ1) is 10.6. The predicted molar refractivity (Wildman–Crippen MR) is 89.0 cm³/mol. The number of rotatable bonds is 6. The predicted octanol–water partition coefficient (Wildman–Crippen LogP) is 1.76. The van der Waals surface area contributed by atoms with Gasteiger partial charge in [-0.05, 0) is 18.2 Å².